The molecule has 0 aliphatic rings. The van der Waals surface area contributed by atoms with Crippen molar-refractivity contribution in [1.29, 1.82) is 0 Å². The first-order valence-corrected chi connectivity index (χ1v) is 7.81. The maximum absolute atomic E-state index is 12.1. The van der Waals surface area contributed by atoms with Gasteiger partial charge in [0.2, 0.25) is 0 Å². The van der Waals surface area contributed by atoms with E-state index in [2.05, 4.69) is 5.32 Å². The molecule has 0 fully saturated rings. The summed E-state index contributed by atoms with van der Waals surface area (Å²) in [4.78, 5) is 12.1. The molecule has 0 saturated carbocycles. The molecule has 24 heavy (non-hydrogen) atoms. The summed E-state index contributed by atoms with van der Waals surface area (Å²) in [7, 11) is 1.58. The highest BCUT2D eigenvalue weighted by Gasteiger charge is 2.06. The lowest BCUT2D eigenvalue weighted by Crippen LogP contribution is -2.28. The van der Waals surface area contributed by atoms with E-state index in [0.29, 0.717) is 24.5 Å². The van der Waals surface area contributed by atoms with Gasteiger partial charge in [0.05, 0.1) is 13.7 Å². The second-order valence-electron chi connectivity index (χ2n) is 5.31. The Morgan fingerprint density at radius 1 is 1.00 bits per heavy atom. The van der Waals surface area contributed by atoms with E-state index in [0.717, 1.165) is 16.5 Å². The number of ether oxygens (including phenoxy) is 2. The molecule has 1 amide bonds. The Morgan fingerprint density at radius 2 is 1.79 bits per heavy atom. The van der Waals surface area contributed by atoms with E-state index >= 15 is 0 Å². The van der Waals surface area contributed by atoms with Crippen molar-refractivity contribution < 1.29 is 14.3 Å². The summed E-state index contributed by atoms with van der Waals surface area (Å²) in [5, 5.41) is 5.05. The zero-order valence-corrected chi connectivity index (χ0v) is 13.5. The zero-order valence-electron chi connectivity index (χ0n) is 13.5. The molecular formula is C20H19NO3. The van der Waals surface area contributed by atoms with Gasteiger partial charge in [0.25, 0.3) is 5.91 Å². The van der Waals surface area contributed by atoms with Crippen molar-refractivity contribution in [3.63, 3.8) is 0 Å². The van der Waals surface area contributed by atoms with Crippen LogP contribution < -0.4 is 14.8 Å². The predicted octanol–water partition coefficient (Wildman–Crippen LogP) is 3.66. The standard InChI is InChI=1S/C20H19NO3/c1-23-17-9-4-8-16(14-17)20(22)21-12-13-24-19-11-5-7-15-6-2-3-10-18(15)19/h2-11,14H,12-13H2,1H3,(H,21,22). The lowest BCUT2D eigenvalue weighted by atomic mass is 10.1. The Morgan fingerprint density at radius 3 is 2.67 bits per heavy atom. The van der Waals surface area contributed by atoms with Crippen LogP contribution in [0.2, 0.25) is 0 Å². The van der Waals surface area contributed by atoms with E-state index in [1.165, 1.54) is 0 Å². The first-order chi connectivity index (χ1) is 11.8. The minimum Gasteiger partial charge on any atom is -0.497 e. The number of hydrogen-bond acceptors (Lipinski definition) is 3. The van der Waals surface area contributed by atoms with Crippen LogP contribution in [-0.2, 0) is 0 Å². The molecule has 4 heteroatoms. The first-order valence-electron chi connectivity index (χ1n) is 7.81. The molecule has 0 atom stereocenters. The summed E-state index contributed by atoms with van der Waals surface area (Å²) < 4.78 is 10.9. The quantitative estimate of drug-likeness (QED) is 0.705. The molecule has 0 bridgehead atoms. The van der Waals surface area contributed by atoms with Gasteiger partial charge >= 0.3 is 0 Å². The molecular weight excluding hydrogens is 302 g/mol. The first kappa shape index (κ1) is 15.9. The van der Waals surface area contributed by atoms with E-state index in [4.69, 9.17) is 9.47 Å². The summed E-state index contributed by atoms with van der Waals surface area (Å²) >= 11 is 0. The summed E-state index contributed by atoms with van der Waals surface area (Å²) in [6, 6.07) is 21.1. The van der Waals surface area contributed by atoms with Gasteiger partial charge in [-0.1, -0.05) is 42.5 Å². The molecule has 4 nitrogen and oxygen atoms in total. The molecule has 0 saturated heterocycles. The molecule has 3 aromatic rings. The number of fused-ring (bicyclic) bond motifs is 1. The Kier molecular flexibility index (Phi) is 4.96. The number of carbonyl (C=O) groups excluding carboxylic acids is 1. The van der Waals surface area contributed by atoms with E-state index in [1.807, 2.05) is 42.5 Å². The van der Waals surface area contributed by atoms with Gasteiger partial charge in [-0.05, 0) is 29.7 Å². The van der Waals surface area contributed by atoms with Crippen molar-refractivity contribution in [3.05, 3.63) is 72.3 Å². The molecule has 0 heterocycles. The molecule has 0 unspecified atom stereocenters. The molecule has 0 radical (unpaired) electrons. The Labute approximate surface area is 141 Å². The number of hydrogen-bond donors (Lipinski definition) is 1. The van der Waals surface area contributed by atoms with Crippen molar-refractivity contribution in [2.24, 2.45) is 0 Å². The van der Waals surface area contributed by atoms with Crippen LogP contribution in [0.5, 0.6) is 11.5 Å². The minimum absolute atomic E-state index is 0.143. The minimum atomic E-state index is -0.143. The van der Waals surface area contributed by atoms with Crippen molar-refractivity contribution in [2.75, 3.05) is 20.3 Å². The van der Waals surface area contributed by atoms with Gasteiger partial charge in [0, 0.05) is 10.9 Å². The molecule has 1 N–H and O–H groups in total. The second-order valence-corrected chi connectivity index (χ2v) is 5.31. The number of benzene rings is 3. The van der Waals surface area contributed by atoms with Gasteiger partial charge < -0.3 is 14.8 Å². The maximum atomic E-state index is 12.1. The van der Waals surface area contributed by atoms with Gasteiger partial charge in [-0.3, -0.25) is 4.79 Å². The largest absolute Gasteiger partial charge is 0.497 e. The molecule has 0 aliphatic carbocycles. The molecule has 0 aliphatic heterocycles. The van der Waals surface area contributed by atoms with Gasteiger partial charge in [0.15, 0.2) is 0 Å². The van der Waals surface area contributed by atoms with Crippen molar-refractivity contribution in [1.82, 2.24) is 5.32 Å². The second kappa shape index (κ2) is 7.51. The summed E-state index contributed by atoms with van der Waals surface area (Å²) in [6.07, 6.45) is 0. The average molecular weight is 321 g/mol. The zero-order chi connectivity index (χ0) is 16.8. The Bertz CT molecular complexity index is 840. The molecule has 3 rings (SSSR count). The highest BCUT2D eigenvalue weighted by Crippen LogP contribution is 2.24. The van der Waals surface area contributed by atoms with Crippen LogP contribution in [0.1, 0.15) is 10.4 Å². The summed E-state index contributed by atoms with van der Waals surface area (Å²) in [5.41, 5.74) is 0.569. The van der Waals surface area contributed by atoms with Crippen molar-refractivity contribution in [2.45, 2.75) is 0 Å². The van der Waals surface area contributed by atoms with E-state index < -0.39 is 0 Å². The third kappa shape index (κ3) is 3.66. The van der Waals surface area contributed by atoms with Crippen LogP contribution >= 0.6 is 0 Å². The number of nitrogens with one attached hydrogen (secondary N) is 1. The molecule has 0 aromatic heterocycles. The number of carbonyl (C=O) groups is 1. The van der Waals surface area contributed by atoms with Gasteiger partial charge in [-0.15, -0.1) is 0 Å². The monoisotopic (exact) mass is 321 g/mol. The Balaban J connectivity index is 1.55. The number of rotatable bonds is 6. The van der Waals surface area contributed by atoms with Crippen LogP contribution in [0.25, 0.3) is 10.8 Å². The maximum Gasteiger partial charge on any atom is 0.251 e. The van der Waals surface area contributed by atoms with Gasteiger partial charge in [-0.25, -0.2) is 0 Å². The van der Waals surface area contributed by atoms with E-state index in [-0.39, 0.29) is 5.91 Å². The molecule has 3 aromatic carbocycles. The molecule has 122 valence electrons. The lowest BCUT2D eigenvalue weighted by molar-refractivity contribution is 0.0947. The Hall–Kier alpha value is -3.01. The van der Waals surface area contributed by atoms with Crippen LogP contribution in [-0.4, -0.2) is 26.2 Å². The summed E-state index contributed by atoms with van der Waals surface area (Å²) in [5.74, 6) is 1.34. The predicted molar refractivity (Wildman–Crippen MR) is 94.8 cm³/mol. The smallest absolute Gasteiger partial charge is 0.251 e. The molecule has 0 spiro atoms. The third-order valence-electron chi connectivity index (χ3n) is 3.73. The fourth-order valence-electron chi connectivity index (χ4n) is 2.51. The van der Waals surface area contributed by atoms with Crippen LogP contribution in [0.15, 0.2) is 66.7 Å². The number of methoxy groups -OCH3 is 1. The highest BCUT2D eigenvalue weighted by molar-refractivity contribution is 5.94. The fourth-order valence-corrected chi connectivity index (χ4v) is 2.51. The normalized spacial score (nSPS) is 10.4. The SMILES string of the molecule is COc1cccc(C(=O)NCCOc2cccc3ccccc23)c1. The van der Waals surface area contributed by atoms with Crippen LogP contribution in [0, 0.1) is 0 Å². The van der Waals surface area contributed by atoms with E-state index in [9.17, 15) is 4.79 Å². The summed E-state index contributed by atoms with van der Waals surface area (Å²) in [6.45, 7) is 0.836. The van der Waals surface area contributed by atoms with Crippen LogP contribution in [0.3, 0.4) is 0 Å². The fraction of sp³-hybridized carbons (Fsp3) is 0.150. The number of amides is 1. The van der Waals surface area contributed by atoms with Crippen LogP contribution in [0.4, 0.5) is 0 Å². The highest BCUT2D eigenvalue weighted by atomic mass is 16.5. The average Bonchev–Trinajstić information content (AvgIpc) is 2.65. The third-order valence-corrected chi connectivity index (χ3v) is 3.73. The van der Waals surface area contributed by atoms with Gasteiger partial charge in [0.1, 0.15) is 18.1 Å². The van der Waals surface area contributed by atoms with Crippen molar-refractivity contribution >= 4 is 16.7 Å². The topological polar surface area (TPSA) is 47.6 Å². The van der Waals surface area contributed by atoms with Gasteiger partial charge in [-0.2, -0.15) is 0 Å². The van der Waals surface area contributed by atoms with E-state index in [1.54, 1.807) is 31.4 Å². The van der Waals surface area contributed by atoms with Crippen molar-refractivity contribution in [3.8, 4) is 11.5 Å². The lowest BCUT2D eigenvalue weighted by Gasteiger charge is -2.10.